The normalized spacial score (nSPS) is 25.1. The van der Waals surface area contributed by atoms with E-state index in [2.05, 4.69) is 187 Å². The molecule has 0 heterocycles. The van der Waals surface area contributed by atoms with Crippen LogP contribution in [-0.2, 0) is 0 Å². The van der Waals surface area contributed by atoms with Crippen molar-refractivity contribution in [2.45, 2.75) is 218 Å². The molecular weight excluding hydrogens is 857 g/mol. The van der Waals surface area contributed by atoms with E-state index in [0.29, 0.717) is 0 Å². The van der Waals surface area contributed by atoms with Gasteiger partial charge in [-0.05, 0) is 275 Å². The van der Waals surface area contributed by atoms with Gasteiger partial charge in [-0.3, -0.25) is 0 Å². The Hall–Kier alpha value is -3.94. The highest BCUT2D eigenvalue weighted by atomic mass is 16.3. The lowest BCUT2D eigenvalue weighted by Crippen LogP contribution is -2.48. The average Bonchev–Trinajstić information content (AvgIpc) is 4.07. The van der Waals surface area contributed by atoms with Crippen molar-refractivity contribution >= 4 is 11.1 Å². The Morgan fingerprint density at radius 1 is 0.408 bits per heavy atom. The summed E-state index contributed by atoms with van der Waals surface area (Å²) >= 11 is 0. The van der Waals surface area contributed by atoms with Crippen LogP contribution < -0.4 is 0 Å². The Morgan fingerprint density at radius 3 is 1.17 bits per heavy atom. The van der Waals surface area contributed by atoms with Crippen LogP contribution in [-0.4, -0.2) is 5.11 Å². The lowest BCUT2D eigenvalue weighted by molar-refractivity contribution is -0.0298. The number of fused-ring (bicyclic) bond motifs is 3. The molecule has 0 saturated carbocycles. The summed E-state index contributed by atoms with van der Waals surface area (Å²) in [5.74, 6) is 0.469. The molecule has 1 nitrogen and oxygen atoms in total. The SMILES string of the molecule is C=C1C2=C(C3=C(C)C(C)=C(C4=C(C)c5c(C)c6c(c(C)c5C4O)C(C)=C(C)C6C4=C(C)C(C)=C(C)C4)C3)C(C(C)(C)C(C)(C)C(C)(C)C)C(=C)C2=C(C2=C(C)C(C)=C(C)C2)C1C(C)(C)C(C)(C)C(C)(C)C. The fraction of sp³-hybridized carbons (Fsp3) is 0.571. The second-order valence-electron chi connectivity index (χ2n) is 28.5. The molecule has 0 bridgehead atoms. The Labute approximate surface area is 434 Å². The Kier molecular flexibility index (Phi) is 12.2. The van der Waals surface area contributed by atoms with Gasteiger partial charge >= 0.3 is 0 Å². The Balaban J connectivity index is 1.36. The fourth-order valence-electron chi connectivity index (χ4n) is 15.7. The fourth-order valence-corrected chi connectivity index (χ4v) is 15.7. The Bertz CT molecular complexity index is 3040. The van der Waals surface area contributed by atoms with Crippen LogP contribution in [0.3, 0.4) is 0 Å². The van der Waals surface area contributed by atoms with Gasteiger partial charge in [-0.15, -0.1) is 0 Å². The van der Waals surface area contributed by atoms with E-state index in [0.717, 1.165) is 30.4 Å². The van der Waals surface area contributed by atoms with Crippen LogP contribution in [0.1, 0.15) is 238 Å². The Morgan fingerprint density at radius 2 is 0.775 bits per heavy atom. The maximum atomic E-state index is 13.1. The first kappa shape index (κ1) is 53.4. The first-order valence-electron chi connectivity index (χ1n) is 27.5. The molecule has 7 aliphatic carbocycles. The van der Waals surface area contributed by atoms with Crippen LogP contribution >= 0.6 is 0 Å². The summed E-state index contributed by atoms with van der Waals surface area (Å²) in [4.78, 5) is 0. The van der Waals surface area contributed by atoms with Crippen LogP contribution in [0.25, 0.3) is 11.1 Å². The zero-order valence-corrected chi connectivity index (χ0v) is 50.3. The van der Waals surface area contributed by atoms with Gasteiger partial charge in [-0.25, -0.2) is 0 Å². The number of hydrogen-bond acceptors (Lipinski definition) is 1. The third-order valence-corrected chi connectivity index (χ3v) is 23.6. The maximum absolute atomic E-state index is 13.1. The summed E-state index contributed by atoms with van der Waals surface area (Å²) in [5.41, 5.74) is 38.3. The van der Waals surface area contributed by atoms with Crippen LogP contribution in [0.4, 0.5) is 0 Å². The molecule has 4 unspecified atom stereocenters. The molecule has 1 heteroatoms. The van der Waals surface area contributed by atoms with Crippen LogP contribution in [0.15, 0.2) is 125 Å². The highest BCUT2D eigenvalue weighted by molar-refractivity contribution is 5.92. The number of allylic oxidation sites excluding steroid dienone is 20. The van der Waals surface area contributed by atoms with Crippen molar-refractivity contribution in [3.63, 3.8) is 0 Å². The van der Waals surface area contributed by atoms with E-state index in [-0.39, 0.29) is 50.2 Å². The van der Waals surface area contributed by atoms with Crippen molar-refractivity contribution in [2.24, 2.45) is 44.3 Å². The van der Waals surface area contributed by atoms with E-state index in [4.69, 9.17) is 13.2 Å². The quantitative estimate of drug-likeness (QED) is 0.275. The molecule has 1 aromatic carbocycles. The second-order valence-corrected chi connectivity index (χ2v) is 28.5. The van der Waals surface area contributed by atoms with Crippen molar-refractivity contribution in [3.05, 3.63) is 158 Å². The van der Waals surface area contributed by atoms with Gasteiger partial charge in [0.05, 0.1) is 0 Å². The highest BCUT2D eigenvalue weighted by Crippen LogP contribution is 2.71. The van der Waals surface area contributed by atoms with Crippen LogP contribution in [0.2, 0.25) is 0 Å². The molecule has 1 aromatic rings. The van der Waals surface area contributed by atoms with Gasteiger partial charge in [0.2, 0.25) is 0 Å². The predicted octanol–water partition coefficient (Wildman–Crippen LogP) is 20.3. The minimum Gasteiger partial charge on any atom is -0.384 e. The average molecular weight is 954 g/mol. The minimum atomic E-state index is -0.690. The molecular formula is C70H96O. The minimum absolute atomic E-state index is 0.0186. The van der Waals surface area contributed by atoms with E-state index in [9.17, 15) is 5.11 Å². The molecule has 0 saturated heterocycles. The molecule has 0 aromatic heterocycles. The lowest BCUT2D eigenvalue weighted by atomic mass is 9.48. The summed E-state index contributed by atoms with van der Waals surface area (Å²) in [6.45, 7) is 76.0. The smallest absolute Gasteiger partial charge is 0.105 e. The van der Waals surface area contributed by atoms with Crippen molar-refractivity contribution in [1.29, 1.82) is 0 Å². The summed E-state index contributed by atoms with van der Waals surface area (Å²) in [7, 11) is 0. The zero-order chi connectivity index (χ0) is 53.6. The van der Waals surface area contributed by atoms with Crippen LogP contribution in [0, 0.1) is 58.2 Å². The summed E-state index contributed by atoms with van der Waals surface area (Å²) in [6.07, 6.45) is 2.12. The number of rotatable bonds is 8. The molecule has 7 aliphatic rings. The molecule has 0 fully saturated rings. The molecule has 8 rings (SSSR count). The monoisotopic (exact) mass is 953 g/mol. The molecule has 382 valence electrons. The topological polar surface area (TPSA) is 20.2 Å². The number of benzene rings is 1. The molecule has 0 amide bonds. The van der Waals surface area contributed by atoms with Gasteiger partial charge in [0, 0.05) is 17.8 Å². The van der Waals surface area contributed by atoms with E-state index >= 15 is 0 Å². The molecule has 0 radical (unpaired) electrons. The third-order valence-electron chi connectivity index (χ3n) is 23.6. The van der Waals surface area contributed by atoms with Gasteiger partial charge in [-0.2, -0.15) is 0 Å². The van der Waals surface area contributed by atoms with E-state index in [1.165, 1.54) is 139 Å². The molecule has 0 spiro atoms. The highest BCUT2D eigenvalue weighted by Gasteiger charge is 2.61. The van der Waals surface area contributed by atoms with Crippen molar-refractivity contribution in [2.75, 3.05) is 0 Å². The van der Waals surface area contributed by atoms with Crippen molar-refractivity contribution in [3.8, 4) is 0 Å². The van der Waals surface area contributed by atoms with Gasteiger partial charge in [0.25, 0.3) is 0 Å². The lowest BCUT2D eigenvalue weighted by Gasteiger charge is -2.55. The summed E-state index contributed by atoms with van der Waals surface area (Å²) in [6, 6.07) is 0. The van der Waals surface area contributed by atoms with Crippen molar-refractivity contribution in [1.82, 2.24) is 0 Å². The number of aliphatic hydroxyl groups is 1. The zero-order valence-electron chi connectivity index (χ0n) is 50.3. The first-order chi connectivity index (χ1) is 32.3. The maximum Gasteiger partial charge on any atom is 0.105 e. The second kappa shape index (κ2) is 16.3. The predicted molar refractivity (Wildman–Crippen MR) is 309 cm³/mol. The van der Waals surface area contributed by atoms with E-state index in [1.807, 2.05) is 0 Å². The van der Waals surface area contributed by atoms with Gasteiger partial charge in [0.1, 0.15) is 6.10 Å². The van der Waals surface area contributed by atoms with E-state index < -0.39 is 6.10 Å². The molecule has 0 aliphatic heterocycles. The van der Waals surface area contributed by atoms with E-state index in [1.54, 1.807) is 5.57 Å². The first-order valence-corrected chi connectivity index (χ1v) is 27.5. The standard InChI is InChI=1S/C70H96O/c1-33-30-48(37(5)35(33)3)54-42(10)41(9)52-45(13)59-53(44(12)56(52)54)43(11)55(64(59)71)50-32-51(40(8)39(50)7)61-58-47(15)62(67(22,23)69(26,27)65(16,17)18)60(49-31-34(2)36(4)38(49)6)57(58)46(14)63(61)68(24,25)70(28,29)66(19,20)21/h54,62-64,71H,14-15,30-32H2,1-13,16-29H3. The third kappa shape index (κ3) is 6.77. The number of hydrogen-bond donors (Lipinski definition) is 1. The largest absolute Gasteiger partial charge is 0.384 e. The molecule has 1 N–H and O–H groups in total. The van der Waals surface area contributed by atoms with Crippen LogP contribution in [0.5, 0.6) is 0 Å². The van der Waals surface area contributed by atoms with Gasteiger partial charge < -0.3 is 5.11 Å². The summed E-state index contributed by atoms with van der Waals surface area (Å²) < 4.78 is 0. The van der Waals surface area contributed by atoms with Crippen molar-refractivity contribution < 1.29 is 5.11 Å². The summed E-state index contributed by atoms with van der Waals surface area (Å²) in [5, 5.41) is 13.1. The molecule has 4 atom stereocenters. The van der Waals surface area contributed by atoms with Gasteiger partial charge in [-0.1, -0.05) is 132 Å². The van der Waals surface area contributed by atoms with Gasteiger partial charge in [0.15, 0.2) is 0 Å². The molecule has 71 heavy (non-hydrogen) atoms. The number of aliphatic hydroxyl groups excluding tert-OH is 1.